The molecule has 0 saturated carbocycles. The van der Waals surface area contributed by atoms with Crippen LogP contribution in [0.25, 0.3) is 0 Å². The molecule has 0 aliphatic heterocycles. The molecule has 1 aromatic heterocycles. The molecule has 1 unspecified atom stereocenters. The van der Waals surface area contributed by atoms with Crippen LogP contribution in [0, 0.1) is 0 Å². The molecule has 0 fully saturated rings. The van der Waals surface area contributed by atoms with Crippen molar-refractivity contribution in [2.75, 3.05) is 13.2 Å². The first kappa shape index (κ1) is 14.8. The molecule has 0 radical (unpaired) electrons. The second kappa shape index (κ2) is 7.25. The highest BCUT2D eigenvalue weighted by Gasteiger charge is 2.35. The Morgan fingerprint density at radius 1 is 1.11 bits per heavy atom. The number of nitrogens with zero attached hydrogens (tertiary/aromatic N) is 1. The van der Waals surface area contributed by atoms with E-state index in [0.29, 0.717) is 5.56 Å². The predicted octanol–water partition coefficient (Wildman–Crippen LogP) is 0.860. The van der Waals surface area contributed by atoms with Gasteiger partial charge < -0.3 is 9.47 Å². The van der Waals surface area contributed by atoms with Crippen molar-refractivity contribution >= 4 is 17.7 Å². The van der Waals surface area contributed by atoms with Crippen LogP contribution in [0.2, 0.25) is 0 Å². The summed E-state index contributed by atoms with van der Waals surface area (Å²) in [5, 5.41) is 0. The van der Waals surface area contributed by atoms with Crippen molar-refractivity contribution in [1.29, 1.82) is 0 Å². The maximum Gasteiger partial charge on any atom is 0.375 e. The van der Waals surface area contributed by atoms with Gasteiger partial charge in [-0.2, -0.15) is 0 Å². The molecule has 6 nitrogen and oxygen atoms in total. The average molecular weight is 265 g/mol. The highest BCUT2D eigenvalue weighted by molar-refractivity contribution is 6.39. The maximum atomic E-state index is 12.0. The van der Waals surface area contributed by atoms with Crippen molar-refractivity contribution in [3.05, 3.63) is 30.1 Å². The number of ketones is 1. The van der Waals surface area contributed by atoms with Crippen molar-refractivity contribution in [3.8, 4) is 0 Å². The van der Waals surface area contributed by atoms with Crippen LogP contribution in [-0.2, 0) is 23.9 Å². The topological polar surface area (TPSA) is 82.6 Å². The summed E-state index contributed by atoms with van der Waals surface area (Å²) in [7, 11) is 0. The molecule has 19 heavy (non-hydrogen) atoms. The summed E-state index contributed by atoms with van der Waals surface area (Å²) in [5.41, 5.74) is 0.353. The number of pyridine rings is 1. The van der Waals surface area contributed by atoms with E-state index in [0.717, 1.165) is 0 Å². The Labute approximate surface area is 110 Å². The van der Waals surface area contributed by atoms with Gasteiger partial charge in [0.25, 0.3) is 5.78 Å². The summed E-state index contributed by atoms with van der Waals surface area (Å²) in [5.74, 6) is -4.06. The molecule has 0 amide bonds. The number of esters is 2. The summed E-state index contributed by atoms with van der Waals surface area (Å²) in [6.07, 6.45) is 2.86. The second-order valence-corrected chi connectivity index (χ2v) is 3.55. The Balaban J connectivity index is 3.03. The monoisotopic (exact) mass is 265 g/mol. The molecular weight excluding hydrogens is 250 g/mol. The fourth-order valence-corrected chi connectivity index (χ4v) is 1.50. The van der Waals surface area contributed by atoms with Crippen molar-refractivity contribution in [3.63, 3.8) is 0 Å². The maximum absolute atomic E-state index is 12.0. The van der Waals surface area contributed by atoms with Gasteiger partial charge in [-0.1, -0.05) is 0 Å². The van der Waals surface area contributed by atoms with Crippen molar-refractivity contribution in [1.82, 2.24) is 4.98 Å². The van der Waals surface area contributed by atoms with E-state index in [9.17, 15) is 14.4 Å². The fourth-order valence-electron chi connectivity index (χ4n) is 1.50. The lowest BCUT2D eigenvalue weighted by atomic mass is 9.95. The van der Waals surface area contributed by atoms with E-state index in [4.69, 9.17) is 4.74 Å². The molecule has 0 saturated heterocycles. The number of ether oxygens (including phenoxy) is 2. The van der Waals surface area contributed by atoms with E-state index in [2.05, 4.69) is 9.72 Å². The van der Waals surface area contributed by atoms with E-state index < -0.39 is 23.6 Å². The molecule has 0 N–H and O–H groups in total. The zero-order valence-electron chi connectivity index (χ0n) is 10.8. The molecule has 1 atom stereocenters. The number of aromatic nitrogens is 1. The lowest BCUT2D eigenvalue weighted by molar-refractivity contribution is -0.159. The van der Waals surface area contributed by atoms with Crippen LogP contribution in [0.3, 0.4) is 0 Å². The first-order valence-corrected chi connectivity index (χ1v) is 5.89. The minimum Gasteiger partial charge on any atom is -0.465 e. The fraction of sp³-hybridized carbons (Fsp3) is 0.385. The lowest BCUT2D eigenvalue weighted by Crippen LogP contribution is -2.31. The van der Waals surface area contributed by atoms with Crippen LogP contribution in [0.4, 0.5) is 0 Å². The third kappa shape index (κ3) is 3.87. The minimum absolute atomic E-state index is 0.0659. The van der Waals surface area contributed by atoms with Gasteiger partial charge in [-0.15, -0.1) is 0 Å². The molecule has 102 valence electrons. The van der Waals surface area contributed by atoms with Crippen molar-refractivity contribution in [2.45, 2.75) is 19.8 Å². The molecule has 6 heteroatoms. The van der Waals surface area contributed by atoms with Crippen LogP contribution >= 0.6 is 0 Å². The van der Waals surface area contributed by atoms with Gasteiger partial charge in [0, 0.05) is 12.4 Å². The highest BCUT2D eigenvalue weighted by Crippen LogP contribution is 2.18. The Bertz CT molecular complexity index is 457. The van der Waals surface area contributed by atoms with Gasteiger partial charge in [-0.3, -0.25) is 14.6 Å². The van der Waals surface area contributed by atoms with Gasteiger partial charge in [-0.25, -0.2) is 4.79 Å². The lowest BCUT2D eigenvalue weighted by Gasteiger charge is -2.13. The first-order chi connectivity index (χ1) is 9.11. The van der Waals surface area contributed by atoms with Gasteiger partial charge in [0.1, 0.15) is 0 Å². The van der Waals surface area contributed by atoms with Crippen molar-refractivity contribution in [2.24, 2.45) is 0 Å². The summed E-state index contributed by atoms with van der Waals surface area (Å²) < 4.78 is 9.44. The molecule has 1 heterocycles. The smallest absolute Gasteiger partial charge is 0.375 e. The number of carbonyl (C=O) groups excluding carboxylic acids is 3. The summed E-state index contributed by atoms with van der Waals surface area (Å²) in [6.45, 7) is 3.39. The SMILES string of the molecule is CCOC(=O)C(=O)C(C(=O)OCC)c1ccncc1. The van der Waals surface area contributed by atoms with E-state index >= 15 is 0 Å². The molecule has 0 aliphatic rings. The van der Waals surface area contributed by atoms with E-state index in [1.807, 2.05) is 0 Å². The number of rotatable bonds is 6. The van der Waals surface area contributed by atoms with Crippen LogP contribution in [-0.4, -0.2) is 35.9 Å². The molecule has 1 rings (SSSR count). The van der Waals surface area contributed by atoms with Gasteiger partial charge in [0.15, 0.2) is 5.92 Å². The summed E-state index contributed by atoms with van der Waals surface area (Å²) >= 11 is 0. The molecule has 0 bridgehead atoms. The predicted molar refractivity (Wildman–Crippen MR) is 65.3 cm³/mol. The first-order valence-electron chi connectivity index (χ1n) is 5.89. The summed E-state index contributed by atoms with van der Waals surface area (Å²) in [6, 6.07) is 2.97. The average Bonchev–Trinajstić information content (AvgIpc) is 2.40. The molecule has 1 aromatic rings. The Morgan fingerprint density at radius 2 is 1.68 bits per heavy atom. The minimum atomic E-state index is -1.30. The highest BCUT2D eigenvalue weighted by atomic mass is 16.5. The quantitative estimate of drug-likeness (QED) is 0.431. The molecular formula is C13H15NO5. The van der Waals surface area contributed by atoms with Crippen molar-refractivity contribution < 1.29 is 23.9 Å². The van der Waals surface area contributed by atoms with Gasteiger partial charge in [0.05, 0.1) is 13.2 Å². The van der Waals surface area contributed by atoms with Crippen LogP contribution in [0.15, 0.2) is 24.5 Å². The van der Waals surface area contributed by atoms with E-state index in [-0.39, 0.29) is 13.2 Å². The zero-order chi connectivity index (χ0) is 14.3. The number of hydrogen-bond acceptors (Lipinski definition) is 6. The Kier molecular flexibility index (Phi) is 5.66. The van der Waals surface area contributed by atoms with E-state index in [1.165, 1.54) is 24.5 Å². The third-order valence-corrected chi connectivity index (χ3v) is 2.30. The van der Waals surface area contributed by atoms with Gasteiger partial charge >= 0.3 is 11.9 Å². The van der Waals surface area contributed by atoms with Gasteiger partial charge in [-0.05, 0) is 31.5 Å². The standard InChI is InChI=1S/C13H15NO5/c1-3-18-12(16)10(9-5-7-14-8-6-9)11(15)13(17)19-4-2/h5-8,10H,3-4H2,1-2H3. The number of hydrogen-bond donors (Lipinski definition) is 0. The van der Waals surface area contributed by atoms with Gasteiger partial charge in [0.2, 0.25) is 0 Å². The molecule has 0 aromatic carbocycles. The Morgan fingerprint density at radius 3 is 2.21 bits per heavy atom. The van der Waals surface area contributed by atoms with Crippen LogP contribution in [0.5, 0.6) is 0 Å². The van der Waals surface area contributed by atoms with Crippen LogP contribution in [0.1, 0.15) is 25.3 Å². The number of carbonyl (C=O) groups is 3. The zero-order valence-corrected chi connectivity index (χ0v) is 10.8. The number of Topliss-reactive ketones (excluding diaryl/α,β-unsaturated/α-hetero) is 1. The Hall–Kier alpha value is -2.24. The second-order valence-electron chi connectivity index (χ2n) is 3.55. The summed E-state index contributed by atoms with van der Waals surface area (Å²) in [4.78, 5) is 39.0. The molecule has 0 aliphatic carbocycles. The van der Waals surface area contributed by atoms with E-state index in [1.54, 1.807) is 13.8 Å². The normalized spacial score (nSPS) is 11.5. The third-order valence-electron chi connectivity index (χ3n) is 2.30. The van der Waals surface area contributed by atoms with Crippen LogP contribution < -0.4 is 0 Å². The molecule has 0 spiro atoms. The largest absolute Gasteiger partial charge is 0.465 e.